The van der Waals surface area contributed by atoms with Gasteiger partial charge in [0.15, 0.2) is 0 Å². The molecule has 0 saturated carbocycles. The van der Waals surface area contributed by atoms with Gasteiger partial charge >= 0.3 is 0 Å². The molecule has 2 N–H and O–H groups in total. The Labute approximate surface area is 129 Å². The van der Waals surface area contributed by atoms with Crippen molar-refractivity contribution in [3.8, 4) is 5.75 Å². The van der Waals surface area contributed by atoms with Gasteiger partial charge in [-0.15, -0.1) is 0 Å². The van der Waals surface area contributed by atoms with E-state index in [1.807, 2.05) is 24.3 Å². The zero-order valence-electron chi connectivity index (χ0n) is 12.0. The van der Waals surface area contributed by atoms with Crippen molar-refractivity contribution in [3.63, 3.8) is 0 Å². The highest BCUT2D eigenvalue weighted by Crippen LogP contribution is 2.23. The first-order chi connectivity index (χ1) is 10.1. The molecular formula is C17H19ClFNO. The van der Waals surface area contributed by atoms with Gasteiger partial charge in [-0.05, 0) is 48.2 Å². The Balaban J connectivity index is 2.08. The Hall–Kier alpha value is -1.58. The number of ether oxygens (including phenoxy) is 1. The quantitative estimate of drug-likeness (QED) is 0.852. The molecule has 0 saturated heterocycles. The first kappa shape index (κ1) is 15.8. The molecule has 2 rings (SSSR count). The van der Waals surface area contributed by atoms with Crippen molar-refractivity contribution in [2.75, 3.05) is 6.61 Å². The van der Waals surface area contributed by atoms with Gasteiger partial charge in [-0.2, -0.15) is 0 Å². The molecule has 0 amide bonds. The molecule has 0 aliphatic rings. The second kappa shape index (κ2) is 7.43. The van der Waals surface area contributed by atoms with Crippen molar-refractivity contribution >= 4 is 11.6 Å². The Bertz CT molecular complexity index is 603. The number of rotatable bonds is 6. The zero-order chi connectivity index (χ0) is 15.2. The monoisotopic (exact) mass is 307 g/mol. The van der Waals surface area contributed by atoms with Gasteiger partial charge in [0, 0.05) is 6.04 Å². The lowest BCUT2D eigenvalue weighted by molar-refractivity contribution is 0.317. The number of hydrogen-bond donors (Lipinski definition) is 1. The van der Waals surface area contributed by atoms with Gasteiger partial charge in [0.25, 0.3) is 0 Å². The minimum atomic E-state index is -0.415. The molecule has 1 atom stereocenters. The van der Waals surface area contributed by atoms with E-state index in [0.29, 0.717) is 13.0 Å². The van der Waals surface area contributed by atoms with Crippen LogP contribution in [0.4, 0.5) is 4.39 Å². The largest absolute Gasteiger partial charge is 0.494 e. The summed E-state index contributed by atoms with van der Waals surface area (Å²) in [5, 5.41) is 0.127. The molecule has 0 heterocycles. The smallest absolute Gasteiger partial charge is 0.142 e. The second-order valence-corrected chi connectivity index (χ2v) is 5.39. The van der Waals surface area contributed by atoms with Gasteiger partial charge in [-0.25, -0.2) is 4.39 Å². The van der Waals surface area contributed by atoms with Crippen LogP contribution in [0.25, 0.3) is 0 Å². The molecule has 0 aliphatic carbocycles. The maximum absolute atomic E-state index is 13.4. The van der Waals surface area contributed by atoms with Crippen LogP contribution in [0.2, 0.25) is 5.02 Å². The summed E-state index contributed by atoms with van der Waals surface area (Å²) >= 11 is 5.68. The van der Waals surface area contributed by atoms with Crippen LogP contribution in [0.1, 0.15) is 30.5 Å². The fourth-order valence-electron chi connectivity index (χ4n) is 2.09. The summed E-state index contributed by atoms with van der Waals surface area (Å²) in [5.74, 6) is 0.397. The molecule has 112 valence electrons. The van der Waals surface area contributed by atoms with Gasteiger partial charge in [-0.3, -0.25) is 0 Å². The third-order valence-corrected chi connectivity index (χ3v) is 3.51. The number of hydrogen-bond acceptors (Lipinski definition) is 2. The fourth-order valence-corrected chi connectivity index (χ4v) is 2.21. The normalized spacial score (nSPS) is 12.2. The predicted octanol–water partition coefficient (Wildman–Crippen LogP) is 4.51. The third kappa shape index (κ3) is 4.45. The van der Waals surface area contributed by atoms with Crippen molar-refractivity contribution in [3.05, 3.63) is 64.4 Å². The van der Waals surface area contributed by atoms with Crippen LogP contribution < -0.4 is 10.5 Å². The summed E-state index contributed by atoms with van der Waals surface area (Å²) in [5.41, 5.74) is 8.00. The molecule has 2 aromatic carbocycles. The molecule has 1 unspecified atom stereocenters. The minimum Gasteiger partial charge on any atom is -0.494 e. The lowest BCUT2D eigenvalue weighted by Gasteiger charge is -2.14. The maximum Gasteiger partial charge on any atom is 0.142 e. The highest BCUT2D eigenvalue weighted by molar-refractivity contribution is 6.30. The molecule has 0 fully saturated rings. The van der Waals surface area contributed by atoms with Crippen LogP contribution in [0.5, 0.6) is 5.75 Å². The zero-order valence-corrected chi connectivity index (χ0v) is 12.7. The average Bonchev–Trinajstić information content (AvgIpc) is 2.49. The highest BCUT2D eigenvalue weighted by atomic mass is 35.5. The number of halogens is 2. The van der Waals surface area contributed by atoms with E-state index in [0.717, 1.165) is 23.3 Å². The Morgan fingerprint density at radius 2 is 2.05 bits per heavy atom. The predicted molar refractivity (Wildman–Crippen MR) is 84.3 cm³/mol. The molecule has 0 radical (unpaired) electrons. The van der Waals surface area contributed by atoms with Gasteiger partial charge in [0.1, 0.15) is 11.6 Å². The van der Waals surface area contributed by atoms with E-state index >= 15 is 0 Å². The van der Waals surface area contributed by atoms with Gasteiger partial charge in [0.2, 0.25) is 0 Å². The summed E-state index contributed by atoms with van der Waals surface area (Å²) in [6.45, 7) is 2.74. The molecule has 0 bridgehead atoms. The Morgan fingerprint density at radius 3 is 2.76 bits per heavy atom. The van der Waals surface area contributed by atoms with Crippen molar-refractivity contribution in [1.82, 2.24) is 0 Å². The minimum absolute atomic E-state index is 0.127. The summed E-state index contributed by atoms with van der Waals surface area (Å²) in [7, 11) is 0. The van der Waals surface area contributed by atoms with Crippen molar-refractivity contribution in [1.29, 1.82) is 0 Å². The topological polar surface area (TPSA) is 35.2 Å². The van der Waals surface area contributed by atoms with Gasteiger partial charge < -0.3 is 10.5 Å². The van der Waals surface area contributed by atoms with Crippen LogP contribution in [0.3, 0.4) is 0 Å². The van der Waals surface area contributed by atoms with E-state index in [2.05, 4.69) is 6.92 Å². The first-order valence-electron chi connectivity index (χ1n) is 7.02. The first-order valence-corrected chi connectivity index (χ1v) is 7.40. The number of nitrogens with two attached hydrogens (primary N) is 1. The third-order valence-electron chi connectivity index (χ3n) is 3.20. The molecule has 0 spiro atoms. The van der Waals surface area contributed by atoms with Gasteiger partial charge in [0.05, 0.1) is 11.6 Å². The van der Waals surface area contributed by atoms with Crippen LogP contribution in [0, 0.1) is 5.82 Å². The van der Waals surface area contributed by atoms with Crippen LogP contribution in [-0.2, 0) is 6.42 Å². The van der Waals surface area contributed by atoms with E-state index in [1.165, 1.54) is 6.07 Å². The molecule has 21 heavy (non-hydrogen) atoms. The summed E-state index contributed by atoms with van der Waals surface area (Å²) in [4.78, 5) is 0. The molecule has 2 aromatic rings. The van der Waals surface area contributed by atoms with Crippen LogP contribution >= 0.6 is 11.6 Å². The lowest BCUT2D eigenvalue weighted by Crippen LogP contribution is -2.13. The van der Waals surface area contributed by atoms with E-state index in [-0.39, 0.29) is 11.1 Å². The highest BCUT2D eigenvalue weighted by Gasteiger charge is 2.10. The number of benzene rings is 2. The Kier molecular flexibility index (Phi) is 5.59. The summed E-state index contributed by atoms with van der Waals surface area (Å²) < 4.78 is 19.0. The van der Waals surface area contributed by atoms with E-state index in [9.17, 15) is 4.39 Å². The molecular weight excluding hydrogens is 289 g/mol. The van der Waals surface area contributed by atoms with E-state index < -0.39 is 5.82 Å². The van der Waals surface area contributed by atoms with Crippen LogP contribution in [-0.4, -0.2) is 6.61 Å². The van der Waals surface area contributed by atoms with Crippen molar-refractivity contribution in [2.24, 2.45) is 5.73 Å². The standard InChI is InChI=1S/C17H19ClFNO/c1-2-8-21-14-5-3-4-13(11-14)17(20)10-12-6-7-15(18)16(19)9-12/h3-7,9,11,17H,2,8,10,20H2,1H3. The van der Waals surface area contributed by atoms with Crippen LogP contribution in [0.15, 0.2) is 42.5 Å². The van der Waals surface area contributed by atoms with E-state index in [1.54, 1.807) is 12.1 Å². The SMILES string of the molecule is CCCOc1cccc(C(N)Cc2ccc(Cl)c(F)c2)c1. The summed E-state index contributed by atoms with van der Waals surface area (Å²) in [6.07, 6.45) is 1.51. The fraction of sp³-hybridized carbons (Fsp3) is 0.294. The second-order valence-electron chi connectivity index (χ2n) is 4.98. The van der Waals surface area contributed by atoms with Crippen molar-refractivity contribution in [2.45, 2.75) is 25.8 Å². The van der Waals surface area contributed by atoms with Gasteiger partial charge in [-0.1, -0.05) is 36.7 Å². The molecule has 4 heteroatoms. The Morgan fingerprint density at radius 1 is 1.24 bits per heavy atom. The molecule has 0 aliphatic heterocycles. The average molecular weight is 308 g/mol. The maximum atomic E-state index is 13.4. The summed E-state index contributed by atoms with van der Waals surface area (Å²) in [6, 6.07) is 12.3. The molecule has 0 aromatic heterocycles. The van der Waals surface area contributed by atoms with E-state index in [4.69, 9.17) is 22.1 Å². The van der Waals surface area contributed by atoms with Crippen molar-refractivity contribution < 1.29 is 9.13 Å². The lowest BCUT2D eigenvalue weighted by atomic mass is 9.99. The molecule has 2 nitrogen and oxygen atoms in total.